The van der Waals surface area contributed by atoms with E-state index in [2.05, 4.69) is 5.10 Å². The highest BCUT2D eigenvalue weighted by Gasteiger charge is 2.39. The van der Waals surface area contributed by atoms with Gasteiger partial charge in [-0.1, -0.05) is 29.3 Å². The van der Waals surface area contributed by atoms with Gasteiger partial charge in [-0.15, -0.1) is 0 Å². The summed E-state index contributed by atoms with van der Waals surface area (Å²) in [5, 5.41) is 5.33. The molecule has 0 bridgehead atoms. The fraction of sp³-hybridized carbons (Fsp3) is 0.292. The molecule has 0 N–H and O–H groups in total. The van der Waals surface area contributed by atoms with Crippen molar-refractivity contribution in [3.8, 4) is 0 Å². The molecule has 2 aromatic heterocycles. The topological polar surface area (TPSA) is 48.0 Å². The molecule has 176 valence electrons. The Morgan fingerprint density at radius 2 is 1.76 bits per heavy atom. The first kappa shape index (κ1) is 22.9. The second-order valence-electron chi connectivity index (χ2n) is 8.62. The van der Waals surface area contributed by atoms with Crippen molar-refractivity contribution in [1.29, 1.82) is 0 Å². The molecule has 0 saturated heterocycles. The van der Waals surface area contributed by atoms with Gasteiger partial charge in [0.05, 0.1) is 44.8 Å². The van der Waals surface area contributed by atoms with Gasteiger partial charge in [-0.05, 0) is 56.7 Å². The molecule has 0 amide bonds. The first-order chi connectivity index (χ1) is 16.1. The summed E-state index contributed by atoms with van der Waals surface area (Å²) in [6, 6.07) is 10.4. The van der Waals surface area contributed by atoms with Gasteiger partial charge in [-0.2, -0.15) is 18.3 Å². The molecular formula is C24H20Cl2F3N5. The van der Waals surface area contributed by atoms with Crippen LogP contribution < -0.4 is 0 Å². The second-order valence-corrected chi connectivity index (χ2v) is 9.43. The maximum atomic E-state index is 13.4. The van der Waals surface area contributed by atoms with Gasteiger partial charge in [0.15, 0.2) is 5.82 Å². The number of alkyl halides is 3. The van der Waals surface area contributed by atoms with Crippen molar-refractivity contribution in [3.63, 3.8) is 0 Å². The smallest absolute Gasteiger partial charge is 0.325 e. The van der Waals surface area contributed by atoms with Crippen LogP contribution in [0.15, 0.2) is 53.7 Å². The fourth-order valence-corrected chi connectivity index (χ4v) is 4.95. The predicted molar refractivity (Wildman–Crippen MR) is 127 cm³/mol. The molecule has 0 radical (unpaired) electrons. The van der Waals surface area contributed by atoms with Crippen LogP contribution in [0.3, 0.4) is 0 Å². The minimum atomic E-state index is -4.45. The van der Waals surface area contributed by atoms with E-state index in [0.29, 0.717) is 27.2 Å². The number of hydrogen-bond acceptors (Lipinski definition) is 3. The Morgan fingerprint density at radius 3 is 2.44 bits per heavy atom. The highest BCUT2D eigenvalue weighted by molar-refractivity contribution is 6.42. The lowest BCUT2D eigenvalue weighted by molar-refractivity contribution is -0.137. The van der Waals surface area contributed by atoms with Gasteiger partial charge in [-0.3, -0.25) is 0 Å². The number of hydrogen-bond donors (Lipinski definition) is 0. The first-order valence-electron chi connectivity index (χ1n) is 10.7. The Hall–Kier alpha value is -2.84. The summed E-state index contributed by atoms with van der Waals surface area (Å²) < 4.78 is 43.9. The van der Waals surface area contributed by atoms with Crippen LogP contribution >= 0.6 is 23.2 Å². The summed E-state index contributed by atoms with van der Waals surface area (Å²) in [5.74, 6) is 0.896. The lowest BCUT2D eigenvalue weighted by atomic mass is 9.87. The minimum Gasteiger partial charge on any atom is -0.325 e. The lowest BCUT2D eigenvalue weighted by Crippen LogP contribution is -2.31. The molecule has 4 aromatic rings. The molecule has 1 aliphatic heterocycles. The first-order valence-corrected chi connectivity index (χ1v) is 11.4. The molecule has 2 aromatic carbocycles. The Kier molecular flexibility index (Phi) is 5.48. The van der Waals surface area contributed by atoms with Crippen LogP contribution in [0.5, 0.6) is 0 Å². The quantitative estimate of drug-likeness (QED) is 0.287. The molecule has 2 atom stereocenters. The van der Waals surface area contributed by atoms with Gasteiger partial charge >= 0.3 is 6.18 Å². The van der Waals surface area contributed by atoms with E-state index in [1.54, 1.807) is 23.0 Å². The summed E-state index contributed by atoms with van der Waals surface area (Å²) in [6.07, 6.45) is -2.79. The summed E-state index contributed by atoms with van der Waals surface area (Å²) in [5.41, 5.74) is 1.80. The van der Waals surface area contributed by atoms with Gasteiger partial charge in [0.1, 0.15) is 5.82 Å². The zero-order valence-corrected chi connectivity index (χ0v) is 20.0. The van der Waals surface area contributed by atoms with Gasteiger partial charge < -0.3 is 4.57 Å². The highest BCUT2D eigenvalue weighted by atomic mass is 35.5. The molecule has 10 heteroatoms. The molecule has 0 fully saturated rings. The van der Waals surface area contributed by atoms with Crippen LogP contribution in [0.2, 0.25) is 10.0 Å². The third-order valence-electron chi connectivity index (χ3n) is 6.09. The molecule has 1 aliphatic rings. The van der Waals surface area contributed by atoms with Crippen molar-refractivity contribution in [2.24, 2.45) is 4.99 Å². The highest BCUT2D eigenvalue weighted by Crippen LogP contribution is 2.44. The summed E-state index contributed by atoms with van der Waals surface area (Å²) >= 11 is 12.5. The maximum Gasteiger partial charge on any atom is 0.416 e. The van der Waals surface area contributed by atoms with Gasteiger partial charge in [0, 0.05) is 17.8 Å². The Morgan fingerprint density at radius 1 is 1.00 bits per heavy atom. The number of fused-ring (bicyclic) bond motifs is 2. The number of aliphatic imine (C=N–C) groups is 1. The standard InChI is InChI=1S/C24H20Cl2F3N5/c1-12(2)33-19-7-5-15(24(27,28)29)11-18(19)32-23(33)21-13(3)31-20-8-9-30-34(20)22(21)14-4-6-16(25)17(26)10-14/h4-12,21-22H,1-3H3. The summed E-state index contributed by atoms with van der Waals surface area (Å²) in [4.78, 5) is 9.47. The van der Waals surface area contributed by atoms with Crippen molar-refractivity contribution in [2.45, 2.75) is 44.9 Å². The molecule has 34 heavy (non-hydrogen) atoms. The number of nitrogens with zero attached hydrogens (tertiary/aromatic N) is 5. The van der Waals surface area contributed by atoms with Crippen molar-refractivity contribution in [1.82, 2.24) is 19.3 Å². The molecular weight excluding hydrogens is 486 g/mol. The Labute approximate surface area is 203 Å². The molecule has 5 rings (SSSR count). The van der Waals surface area contributed by atoms with Crippen LogP contribution in [-0.2, 0) is 6.18 Å². The van der Waals surface area contributed by atoms with Crippen molar-refractivity contribution in [2.75, 3.05) is 0 Å². The fourth-order valence-electron chi connectivity index (χ4n) is 4.64. The van der Waals surface area contributed by atoms with Crippen LogP contribution in [-0.4, -0.2) is 25.0 Å². The van der Waals surface area contributed by atoms with Crippen molar-refractivity contribution < 1.29 is 13.2 Å². The minimum absolute atomic E-state index is 0.0574. The average Bonchev–Trinajstić information content (AvgIpc) is 3.37. The Bertz CT molecular complexity index is 1430. The molecule has 3 heterocycles. The zero-order chi connectivity index (χ0) is 24.4. The molecule has 0 aliphatic carbocycles. The van der Waals surface area contributed by atoms with E-state index in [9.17, 15) is 13.2 Å². The summed E-state index contributed by atoms with van der Waals surface area (Å²) in [7, 11) is 0. The maximum absolute atomic E-state index is 13.4. The van der Waals surface area contributed by atoms with E-state index >= 15 is 0 Å². The Balaban J connectivity index is 1.77. The third kappa shape index (κ3) is 3.69. The number of benzene rings is 2. The van der Waals surface area contributed by atoms with E-state index in [0.717, 1.165) is 23.4 Å². The number of imidazole rings is 1. The molecule has 0 spiro atoms. The normalized spacial score (nSPS) is 18.4. The van der Waals surface area contributed by atoms with Crippen LogP contribution in [0.1, 0.15) is 55.7 Å². The number of aromatic nitrogens is 4. The zero-order valence-electron chi connectivity index (χ0n) is 18.5. The average molecular weight is 506 g/mol. The van der Waals surface area contributed by atoms with Crippen molar-refractivity contribution >= 4 is 45.8 Å². The van der Waals surface area contributed by atoms with Crippen LogP contribution in [0.4, 0.5) is 19.0 Å². The second kappa shape index (κ2) is 8.13. The van der Waals surface area contributed by atoms with E-state index < -0.39 is 17.7 Å². The van der Waals surface area contributed by atoms with E-state index in [1.165, 1.54) is 6.07 Å². The molecule has 5 nitrogen and oxygen atoms in total. The van der Waals surface area contributed by atoms with Gasteiger partial charge in [0.25, 0.3) is 0 Å². The monoisotopic (exact) mass is 505 g/mol. The van der Waals surface area contributed by atoms with Crippen LogP contribution in [0, 0.1) is 0 Å². The van der Waals surface area contributed by atoms with Gasteiger partial charge in [0.2, 0.25) is 0 Å². The van der Waals surface area contributed by atoms with Gasteiger partial charge in [-0.25, -0.2) is 14.7 Å². The SMILES string of the molecule is CC1=Nc2ccnn2C(c2ccc(Cl)c(Cl)c2)C1c1nc2cc(C(F)(F)F)ccc2n1C(C)C. The largest absolute Gasteiger partial charge is 0.416 e. The predicted octanol–water partition coefficient (Wildman–Crippen LogP) is 7.62. The van der Waals surface area contributed by atoms with Crippen LogP contribution in [0.25, 0.3) is 11.0 Å². The summed E-state index contributed by atoms with van der Waals surface area (Å²) in [6.45, 7) is 5.85. The number of halogens is 5. The third-order valence-corrected chi connectivity index (χ3v) is 6.83. The van der Waals surface area contributed by atoms with E-state index in [-0.39, 0.29) is 17.6 Å². The lowest BCUT2D eigenvalue weighted by Gasteiger charge is -2.32. The van der Waals surface area contributed by atoms with E-state index in [1.807, 2.05) is 37.5 Å². The molecule has 2 unspecified atom stereocenters. The van der Waals surface area contributed by atoms with Crippen molar-refractivity contribution in [3.05, 3.63) is 75.7 Å². The van der Waals surface area contributed by atoms with E-state index in [4.69, 9.17) is 33.2 Å². The molecule has 0 saturated carbocycles. The number of rotatable bonds is 3.